The Labute approximate surface area is 113 Å². The molecule has 0 aromatic heterocycles. The average Bonchev–Trinajstić information content (AvgIpc) is 2.44. The van der Waals surface area contributed by atoms with Gasteiger partial charge in [-0.3, -0.25) is 4.79 Å². The van der Waals surface area contributed by atoms with Gasteiger partial charge in [0.2, 0.25) is 0 Å². The number of aliphatic hydroxyl groups is 1. The number of ether oxygens (including phenoxy) is 2. The van der Waals surface area contributed by atoms with Gasteiger partial charge in [-0.1, -0.05) is 19.1 Å². The lowest BCUT2D eigenvalue weighted by atomic mass is 10.2. The summed E-state index contributed by atoms with van der Waals surface area (Å²) in [6.07, 6.45) is 4.64. The van der Waals surface area contributed by atoms with Crippen LogP contribution in [0.2, 0.25) is 0 Å². The summed E-state index contributed by atoms with van der Waals surface area (Å²) in [5, 5.41) is 9.33. The minimum Gasteiger partial charge on any atom is -0.497 e. The first-order valence-corrected chi connectivity index (χ1v) is 6.33. The smallest absolute Gasteiger partial charge is 0.315 e. The molecule has 0 amide bonds. The van der Waals surface area contributed by atoms with Crippen molar-refractivity contribution in [3.63, 3.8) is 0 Å². The number of esters is 1. The van der Waals surface area contributed by atoms with E-state index >= 15 is 0 Å². The Balaban J connectivity index is 2.34. The minimum atomic E-state index is -0.339. The summed E-state index contributed by atoms with van der Waals surface area (Å²) < 4.78 is 10.2. The molecule has 0 saturated carbocycles. The quantitative estimate of drug-likeness (QED) is 0.467. The second-order valence-corrected chi connectivity index (χ2v) is 4.12. The Bertz CT molecular complexity index is 409. The van der Waals surface area contributed by atoms with Crippen LogP contribution >= 0.6 is 0 Å². The number of benzene rings is 1. The predicted molar refractivity (Wildman–Crippen MR) is 73.3 cm³/mol. The lowest BCUT2D eigenvalue weighted by Gasteiger charge is -2.04. The molecule has 0 aliphatic heterocycles. The molecule has 0 radical (unpaired) electrons. The molecule has 0 saturated heterocycles. The lowest BCUT2D eigenvalue weighted by molar-refractivity contribution is -0.133. The summed E-state index contributed by atoms with van der Waals surface area (Å²) in [4.78, 5) is 11.5. The van der Waals surface area contributed by atoms with Gasteiger partial charge in [0.25, 0.3) is 0 Å². The maximum absolute atomic E-state index is 11.5. The number of aliphatic hydroxyl groups excluding tert-OH is 1. The van der Waals surface area contributed by atoms with Crippen LogP contribution in [0.25, 0.3) is 0 Å². The van der Waals surface area contributed by atoms with Gasteiger partial charge in [0.15, 0.2) is 0 Å². The summed E-state index contributed by atoms with van der Waals surface area (Å²) >= 11 is 0. The van der Waals surface area contributed by atoms with E-state index < -0.39 is 0 Å². The van der Waals surface area contributed by atoms with Crippen molar-refractivity contribution in [1.29, 1.82) is 0 Å². The van der Waals surface area contributed by atoms with E-state index in [0.29, 0.717) is 24.3 Å². The van der Waals surface area contributed by atoms with E-state index in [0.717, 1.165) is 0 Å². The molecule has 1 rings (SSSR count). The van der Waals surface area contributed by atoms with E-state index in [2.05, 4.69) is 0 Å². The van der Waals surface area contributed by atoms with Crippen molar-refractivity contribution in [2.24, 2.45) is 0 Å². The third kappa shape index (κ3) is 6.06. The van der Waals surface area contributed by atoms with Crippen LogP contribution < -0.4 is 9.47 Å². The number of rotatable bonds is 7. The number of hydrogen-bond acceptors (Lipinski definition) is 4. The van der Waals surface area contributed by atoms with Gasteiger partial charge in [-0.25, -0.2) is 0 Å². The summed E-state index contributed by atoms with van der Waals surface area (Å²) in [5.74, 6) is 0.883. The topological polar surface area (TPSA) is 55.8 Å². The van der Waals surface area contributed by atoms with Crippen LogP contribution in [0.1, 0.15) is 26.2 Å². The highest BCUT2D eigenvalue weighted by atomic mass is 16.5. The Kier molecular flexibility index (Phi) is 6.68. The normalized spacial score (nSPS) is 12.4. The van der Waals surface area contributed by atoms with Crippen LogP contribution in [0.4, 0.5) is 0 Å². The second-order valence-electron chi connectivity index (χ2n) is 4.12. The first-order chi connectivity index (χ1) is 9.15. The minimum absolute atomic E-state index is 0.197. The Morgan fingerprint density at radius 2 is 1.89 bits per heavy atom. The molecular formula is C15H20O4. The fourth-order valence-corrected chi connectivity index (χ4v) is 1.42. The monoisotopic (exact) mass is 264 g/mol. The second kappa shape index (κ2) is 8.32. The molecule has 0 unspecified atom stereocenters. The molecule has 0 heterocycles. The van der Waals surface area contributed by atoms with E-state index in [-0.39, 0.29) is 18.5 Å². The van der Waals surface area contributed by atoms with Crippen LogP contribution in [0.3, 0.4) is 0 Å². The molecular weight excluding hydrogens is 244 g/mol. The highest BCUT2D eigenvalue weighted by Gasteiger charge is 2.03. The Morgan fingerprint density at radius 1 is 1.26 bits per heavy atom. The molecule has 1 N–H and O–H groups in total. The average molecular weight is 264 g/mol. The van der Waals surface area contributed by atoms with Crippen LogP contribution in [0.15, 0.2) is 36.4 Å². The lowest BCUT2D eigenvalue weighted by Crippen LogP contribution is -2.06. The number of methoxy groups -OCH3 is 1. The van der Waals surface area contributed by atoms with E-state index in [1.165, 1.54) is 0 Å². The molecule has 1 atom stereocenters. The molecule has 0 aliphatic rings. The summed E-state index contributed by atoms with van der Waals surface area (Å²) in [7, 11) is 1.58. The summed E-state index contributed by atoms with van der Waals surface area (Å²) in [6, 6.07) is 6.83. The van der Waals surface area contributed by atoms with E-state index in [9.17, 15) is 9.90 Å². The van der Waals surface area contributed by atoms with Gasteiger partial charge in [0.1, 0.15) is 11.5 Å². The number of carbonyl (C=O) groups excluding carboxylic acids is 1. The SMILES string of the molecule is CC[C@@H](O)C/C=C/CC(=O)Oc1ccc(OC)cc1. The van der Waals surface area contributed by atoms with Crippen LogP contribution in [-0.4, -0.2) is 24.3 Å². The zero-order valence-corrected chi connectivity index (χ0v) is 11.3. The third-order valence-corrected chi connectivity index (χ3v) is 2.62. The van der Waals surface area contributed by atoms with Gasteiger partial charge in [-0.2, -0.15) is 0 Å². The molecule has 0 spiro atoms. The molecule has 4 nitrogen and oxygen atoms in total. The highest BCUT2D eigenvalue weighted by Crippen LogP contribution is 2.17. The maximum atomic E-state index is 11.5. The predicted octanol–water partition coefficient (Wildman–Crippen LogP) is 2.71. The summed E-state index contributed by atoms with van der Waals surface area (Å²) in [5.41, 5.74) is 0. The summed E-state index contributed by atoms with van der Waals surface area (Å²) in [6.45, 7) is 1.91. The molecule has 0 aliphatic carbocycles. The van der Waals surface area contributed by atoms with Crippen molar-refractivity contribution in [3.8, 4) is 11.5 Å². The van der Waals surface area contributed by atoms with Gasteiger partial charge >= 0.3 is 5.97 Å². The number of carbonyl (C=O) groups is 1. The van der Waals surface area contributed by atoms with Crippen molar-refractivity contribution in [3.05, 3.63) is 36.4 Å². The first-order valence-electron chi connectivity index (χ1n) is 6.33. The molecule has 4 heteroatoms. The molecule has 0 fully saturated rings. The third-order valence-electron chi connectivity index (χ3n) is 2.62. The van der Waals surface area contributed by atoms with Gasteiger partial charge < -0.3 is 14.6 Å². The van der Waals surface area contributed by atoms with Crippen LogP contribution in [0.5, 0.6) is 11.5 Å². The van der Waals surface area contributed by atoms with Crippen LogP contribution in [0, 0.1) is 0 Å². The van der Waals surface area contributed by atoms with Crippen molar-refractivity contribution >= 4 is 5.97 Å². The molecule has 1 aromatic carbocycles. The number of hydrogen-bond donors (Lipinski definition) is 1. The molecule has 0 bridgehead atoms. The zero-order valence-electron chi connectivity index (χ0n) is 11.3. The fraction of sp³-hybridized carbons (Fsp3) is 0.400. The van der Waals surface area contributed by atoms with Gasteiger partial charge in [-0.15, -0.1) is 0 Å². The Morgan fingerprint density at radius 3 is 2.47 bits per heavy atom. The Hall–Kier alpha value is -1.81. The maximum Gasteiger partial charge on any atom is 0.315 e. The van der Waals surface area contributed by atoms with E-state index in [1.807, 2.05) is 6.92 Å². The van der Waals surface area contributed by atoms with E-state index in [1.54, 1.807) is 43.5 Å². The molecule has 104 valence electrons. The largest absolute Gasteiger partial charge is 0.497 e. The zero-order chi connectivity index (χ0) is 14.1. The van der Waals surface area contributed by atoms with E-state index in [4.69, 9.17) is 9.47 Å². The molecule has 19 heavy (non-hydrogen) atoms. The van der Waals surface area contributed by atoms with Crippen molar-refractivity contribution in [2.45, 2.75) is 32.3 Å². The fourth-order valence-electron chi connectivity index (χ4n) is 1.42. The van der Waals surface area contributed by atoms with Crippen molar-refractivity contribution in [1.82, 2.24) is 0 Å². The van der Waals surface area contributed by atoms with Crippen molar-refractivity contribution in [2.75, 3.05) is 7.11 Å². The van der Waals surface area contributed by atoms with Gasteiger partial charge in [-0.05, 0) is 37.1 Å². The van der Waals surface area contributed by atoms with Crippen molar-refractivity contribution < 1.29 is 19.4 Å². The standard InChI is InChI=1S/C15H20O4/c1-3-12(16)6-4-5-7-15(17)19-14-10-8-13(18-2)9-11-14/h4-5,8-12,16H,3,6-7H2,1-2H3/b5-4+/t12-/m1/s1. The van der Waals surface area contributed by atoms with Gasteiger partial charge in [0.05, 0.1) is 19.6 Å². The first kappa shape index (κ1) is 15.2. The highest BCUT2D eigenvalue weighted by molar-refractivity contribution is 5.73. The molecule has 1 aromatic rings. The van der Waals surface area contributed by atoms with Gasteiger partial charge in [0, 0.05) is 0 Å². The van der Waals surface area contributed by atoms with Crippen LogP contribution in [-0.2, 0) is 4.79 Å².